The van der Waals surface area contributed by atoms with E-state index in [0.717, 1.165) is 12.8 Å². The van der Waals surface area contributed by atoms with Gasteiger partial charge in [-0.05, 0) is 31.2 Å². The highest BCUT2D eigenvalue weighted by Crippen LogP contribution is 2.38. The number of pyridine rings is 1. The molecule has 0 saturated carbocycles. The van der Waals surface area contributed by atoms with E-state index < -0.39 is 11.7 Å². The predicted octanol–water partition coefficient (Wildman–Crippen LogP) is 3.10. The van der Waals surface area contributed by atoms with Crippen molar-refractivity contribution < 1.29 is 13.2 Å². The van der Waals surface area contributed by atoms with Gasteiger partial charge in [-0.15, -0.1) is 0 Å². The zero-order valence-corrected chi connectivity index (χ0v) is 9.97. The highest BCUT2D eigenvalue weighted by molar-refractivity contribution is 7.71. The average Bonchev–Trinajstić information content (AvgIpc) is 2.25. The van der Waals surface area contributed by atoms with Gasteiger partial charge in [0.1, 0.15) is 4.64 Å². The van der Waals surface area contributed by atoms with E-state index in [4.69, 9.17) is 18.0 Å². The molecule has 6 heteroatoms. The lowest BCUT2D eigenvalue weighted by Crippen LogP contribution is -2.20. The Labute approximate surface area is 102 Å². The Morgan fingerprint density at radius 2 is 1.88 bits per heavy atom. The topological polar surface area (TPSA) is 41.8 Å². The normalized spacial score (nSPS) is 15.8. The number of rotatable bonds is 1. The van der Waals surface area contributed by atoms with E-state index in [0.29, 0.717) is 24.1 Å². The smallest absolute Gasteiger partial charge is 0.350 e. The molecule has 1 aliphatic rings. The van der Waals surface area contributed by atoms with Gasteiger partial charge < -0.3 is 10.7 Å². The summed E-state index contributed by atoms with van der Waals surface area (Å²) in [4.78, 5) is 2.89. The first-order chi connectivity index (χ1) is 7.95. The maximum atomic E-state index is 13.1. The fourth-order valence-corrected chi connectivity index (χ4v) is 2.67. The van der Waals surface area contributed by atoms with Crippen LogP contribution in [0.15, 0.2) is 0 Å². The third-order valence-electron chi connectivity index (χ3n) is 3.10. The number of fused-ring (bicyclic) bond motifs is 1. The van der Waals surface area contributed by atoms with Gasteiger partial charge in [0.2, 0.25) is 0 Å². The van der Waals surface area contributed by atoms with Crippen molar-refractivity contribution in [2.45, 2.75) is 38.4 Å². The molecule has 3 N–H and O–H groups in total. The fraction of sp³-hybridized carbons (Fsp3) is 0.545. The first-order valence-corrected chi connectivity index (χ1v) is 5.90. The molecule has 0 aliphatic heterocycles. The van der Waals surface area contributed by atoms with Crippen LogP contribution >= 0.6 is 12.2 Å². The van der Waals surface area contributed by atoms with E-state index in [1.165, 1.54) is 0 Å². The minimum Gasteiger partial charge on any atom is -0.350 e. The van der Waals surface area contributed by atoms with Crippen LogP contribution in [0.25, 0.3) is 0 Å². The standard InChI is InChI=1S/C11H13F3N2S/c12-11(13,14)9-6-3-1-2-4-8(6)16-10(17)7(9)5-15/h1-5,15H2,(H,16,17). The summed E-state index contributed by atoms with van der Waals surface area (Å²) in [6.07, 6.45) is -1.61. The lowest BCUT2D eigenvalue weighted by molar-refractivity contribution is -0.139. The third-order valence-corrected chi connectivity index (χ3v) is 3.45. The van der Waals surface area contributed by atoms with Crippen LogP contribution in [-0.4, -0.2) is 4.98 Å². The Balaban J connectivity index is 2.75. The zero-order valence-electron chi connectivity index (χ0n) is 9.16. The van der Waals surface area contributed by atoms with Crippen LogP contribution in [0.3, 0.4) is 0 Å². The SMILES string of the molecule is NCc1c(C(F)(F)F)c2c([nH]c1=S)CCCC2. The molecular formula is C11H13F3N2S. The number of nitrogens with one attached hydrogen (secondary N) is 1. The lowest BCUT2D eigenvalue weighted by atomic mass is 9.90. The highest BCUT2D eigenvalue weighted by atomic mass is 32.1. The largest absolute Gasteiger partial charge is 0.417 e. The monoisotopic (exact) mass is 262 g/mol. The maximum absolute atomic E-state index is 13.1. The molecule has 0 spiro atoms. The van der Waals surface area contributed by atoms with Crippen molar-refractivity contribution in [3.05, 3.63) is 27.0 Å². The van der Waals surface area contributed by atoms with Gasteiger partial charge in [-0.3, -0.25) is 0 Å². The Hall–Kier alpha value is -0.880. The van der Waals surface area contributed by atoms with Crippen LogP contribution in [0.5, 0.6) is 0 Å². The second-order valence-corrected chi connectivity index (χ2v) is 4.58. The number of H-pyrrole nitrogens is 1. The van der Waals surface area contributed by atoms with E-state index in [2.05, 4.69) is 4.98 Å². The van der Waals surface area contributed by atoms with Crippen molar-refractivity contribution in [1.82, 2.24) is 4.98 Å². The zero-order chi connectivity index (χ0) is 12.6. The molecular weight excluding hydrogens is 249 g/mol. The molecule has 1 heterocycles. The molecule has 0 aromatic carbocycles. The number of hydrogen-bond donors (Lipinski definition) is 2. The van der Waals surface area contributed by atoms with Crippen molar-refractivity contribution in [3.8, 4) is 0 Å². The molecule has 0 saturated heterocycles. The van der Waals surface area contributed by atoms with Gasteiger partial charge >= 0.3 is 6.18 Å². The molecule has 2 nitrogen and oxygen atoms in total. The second-order valence-electron chi connectivity index (χ2n) is 4.17. The van der Waals surface area contributed by atoms with Gasteiger partial charge in [0.05, 0.1) is 5.56 Å². The predicted molar refractivity (Wildman–Crippen MR) is 61.2 cm³/mol. The Kier molecular flexibility index (Phi) is 3.27. The second kappa shape index (κ2) is 4.42. The summed E-state index contributed by atoms with van der Waals surface area (Å²) in [5.74, 6) is 0. The van der Waals surface area contributed by atoms with E-state index in [9.17, 15) is 13.2 Å². The molecule has 0 bridgehead atoms. The fourth-order valence-electron chi connectivity index (χ4n) is 2.36. The van der Waals surface area contributed by atoms with Gasteiger partial charge in [0.25, 0.3) is 0 Å². The van der Waals surface area contributed by atoms with Crippen molar-refractivity contribution in [2.24, 2.45) is 5.73 Å². The molecule has 1 aliphatic carbocycles. The van der Waals surface area contributed by atoms with Crippen LogP contribution < -0.4 is 5.73 Å². The highest BCUT2D eigenvalue weighted by Gasteiger charge is 2.38. The Morgan fingerprint density at radius 3 is 2.47 bits per heavy atom. The van der Waals surface area contributed by atoms with Gasteiger partial charge in [-0.25, -0.2) is 0 Å². The van der Waals surface area contributed by atoms with Crippen molar-refractivity contribution in [3.63, 3.8) is 0 Å². The van der Waals surface area contributed by atoms with Crippen LogP contribution in [0.4, 0.5) is 13.2 Å². The van der Waals surface area contributed by atoms with Gasteiger partial charge in [-0.2, -0.15) is 13.2 Å². The number of nitrogens with two attached hydrogens (primary N) is 1. The molecule has 17 heavy (non-hydrogen) atoms. The molecule has 0 unspecified atom stereocenters. The maximum Gasteiger partial charge on any atom is 0.417 e. The third kappa shape index (κ3) is 2.24. The molecule has 0 amide bonds. The van der Waals surface area contributed by atoms with E-state index in [1.807, 2.05) is 0 Å². The van der Waals surface area contributed by atoms with Crippen LogP contribution in [0.1, 0.15) is 35.2 Å². The number of aromatic amines is 1. The molecule has 94 valence electrons. The quantitative estimate of drug-likeness (QED) is 0.764. The van der Waals surface area contributed by atoms with E-state index in [-0.39, 0.29) is 16.7 Å². The minimum atomic E-state index is -4.38. The lowest BCUT2D eigenvalue weighted by Gasteiger charge is -2.23. The first-order valence-electron chi connectivity index (χ1n) is 5.49. The Morgan fingerprint density at radius 1 is 1.24 bits per heavy atom. The molecule has 2 rings (SSSR count). The number of aromatic nitrogens is 1. The van der Waals surface area contributed by atoms with E-state index >= 15 is 0 Å². The van der Waals surface area contributed by atoms with Crippen molar-refractivity contribution >= 4 is 12.2 Å². The molecule has 1 aromatic heterocycles. The molecule has 0 atom stereocenters. The molecule has 0 fully saturated rings. The number of hydrogen-bond acceptors (Lipinski definition) is 2. The summed E-state index contributed by atoms with van der Waals surface area (Å²) >= 11 is 4.96. The first kappa shape index (κ1) is 12.6. The minimum absolute atomic E-state index is 0.0214. The summed E-state index contributed by atoms with van der Waals surface area (Å²) in [6, 6.07) is 0. The Bertz CT molecular complexity index is 491. The summed E-state index contributed by atoms with van der Waals surface area (Å²) in [7, 11) is 0. The number of alkyl halides is 3. The summed E-state index contributed by atoms with van der Waals surface area (Å²) in [5.41, 5.74) is 5.81. The van der Waals surface area contributed by atoms with E-state index in [1.54, 1.807) is 0 Å². The van der Waals surface area contributed by atoms with Gasteiger partial charge in [0.15, 0.2) is 0 Å². The average molecular weight is 262 g/mol. The molecule has 1 aromatic rings. The van der Waals surface area contributed by atoms with Crippen LogP contribution in [0, 0.1) is 4.64 Å². The van der Waals surface area contributed by atoms with Gasteiger partial charge in [0, 0.05) is 17.8 Å². The summed E-state index contributed by atoms with van der Waals surface area (Å²) in [6.45, 7) is -0.183. The van der Waals surface area contributed by atoms with Crippen molar-refractivity contribution in [2.75, 3.05) is 0 Å². The summed E-state index contributed by atoms with van der Waals surface area (Å²) < 4.78 is 39.4. The number of halogens is 3. The molecule has 0 radical (unpaired) electrons. The van der Waals surface area contributed by atoms with Gasteiger partial charge in [-0.1, -0.05) is 12.2 Å². The van der Waals surface area contributed by atoms with Crippen LogP contribution in [-0.2, 0) is 25.6 Å². The van der Waals surface area contributed by atoms with Crippen molar-refractivity contribution in [1.29, 1.82) is 0 Å². The summed E-state index contributed by atoms with van der Waals surface area (Å²) in [5, 5.41) is 0. The van der Waals surface area contributed by atoms with Crippen LogP contribution in [0.2, 0.25) is 0 Å². The number of aryl methyl sites for hydroxylation is 1.